The van der Waals surface area contributed by atoms with Gasteiger partial charge in [0.2, 0.25) is 0 Å². The summed E-state index contributed by atoms with van der Waals surface area (Å²) in [5.41, 5.74) is 2.15. The summed E-state index contributed by atoms with van der Waals surface area (Å²) in [5, 5.41) is 3.42. The quantitative estimate of drug-likeness (QED) is 0.469. The molecule has 2 saturated heterocycles. The van der Waals surface area contributed by atoms with E-state index in [1.54, 1.807) is 23.5 Å². The molecule has 2 aliphatic heterocycles. The Morgan fingerprint density at radius 3 is 1.81 bits per heavy atom. The fourth-order valence-corrected chi connectivity index (χ4v) is 5.19. The Morgan fingerprint density at radius 1 is 0.730 bits per heavy atom. The molecule has 1 amide bonds. The van der Waals surface area contributed by atoms with Crippen LogP contribution in [0.15, 0.2) is 58.3 Å². The molecule has 2 aromatic rings. The molecule has 4 rings (SSSR count). The highest BCUT2D eigenvalue weighted by Gasteiger charge is 2.24. The van der Waals surface area contributed by atoms with Crippen LogP contribution in [0.2, 0.25) is 0 Å². The summed E-state index contributed by atoms with van der Waals surface area (Å²) in [6, 6.07) is 17.5. The van der Waals surface area contributed by atoms with Crippen molar-refractivity contribution in [2.45, 2.75) is 49.0 Å². The number of carbonyl (C=O) groups excluding carboxylic acids is 1. The smallest absolute Gasteiger partial charge is 0.410 e. The van der Waals surface area contributed by atoms with Crippen molar-refractivity contribution >= 4 is 41.0 Å². The van der Waals surface area contributed by atoms with Crippen molar-refractivity contribution < 1.29 is 9.53 Å². The number of anilines is 2. The average molecular weight is 545 g/mol. The van der Waals surface area contributed by atoms with Crippen molar-refractivity contribution in [2.75, 3.05) is 74.7 Å². The van der Waals surface area contributed by atoms with Gasteiger partial charge < -0.3 is 24.8 Å². The number of thioether (sulfide) groups is 2. The van der Waals surface area contributed by atoms with Crippen LogP contribution in [-0.4, -0.2) is 81.5 Å². The van der Waals surface area contributed by atoms with Gasteiger partial charge in [-0.3, -0.25) is 0 Å². The van der Waals surface area contributed by atoms with Gasteiger partial charge in [0.1, 0.15) is 5.60 Å². The Bertz CT molecular complexity index is 940. The molecule has 6 nitrogen and oxygen atoms in total. The van der Waals surface area contributed by atoms with Gasteiger partial charge in [-0.2, -0.15) is 0 Å². The van der Waals surface area contributed by atoms with Gasteiger partial charge in [-0.05, 0) is 101 Å². The Balaban J connectivity index is 0.000000220. The van der Waals surface area contributed by atoms with Gasteiger partial charge in [0.25, 0.3) is 0 Å². The zero-order valence-corrected chi connectivity index (χ0v) is 24.8. The van der Waals surface area contributed by atoms with E-state index in [0.717, 1.165) is 45.7 Å². The maximum Gasteiger partial charge on any atom is 0.410 e. The topological polar surface area (TPSA) is 48.1 Å². The molecule has 2 heterocycles. The molecule has 0 aromatic heterocycles. The van der Waals surface area contributed by atoms with Crippen molar-refractivity contribution in [3.63, 3.8) is 0 Å². The monoisotopic (exact) mass is 544 g/mol. The first kappa shape index (κ1) is 29.5. The second-order valence-corrected chi connectivity index (χ2v) is 12.1. The molecular formula is C29H44N4O2S2. The van der Waals surface area contributed by atoms with Gasteiger partial charge in [0.05, 0.1) is 0 Å². The number of ether oxygens (including phenoxy) is 1. The number of hydrogen-bond acceptors (Lipinski definition) is 7. The van der Waals surface area contributed by atoms with Gasteiger partial charge in [-0.1, -0.05) is 0 Å². The molecule has 0 aliphatic carbocycles. The fourth-order valence-electron chi connectivity index (χ4n) is 4.37. The predicted octanol–water partition coefficient (Wildman–Crippen LogP) is 6.06. The molecule has 0 unspecified atom stereocenters. The maximum absolute atomic E-state index is 12.2. The van der Waals surface area contributed by atoms with E-state index in [0.29, 0.717) is 6.54 Å². The summed E-state index contributed by atoms with van der Waals surface area (Å²) < 4.78 is 5.47. The molecule has 37 heavy (non-hydrogen) atoms. The summed E-state index contributed by atoms with van der Waals surface area (Å²) in [6.07, 6.45) is 6.20. The van der Waals surface area contributed by atoms with E-state index in [1.807, 2.05) is 25.7 Å². The number of nitrogens with one attached hydrogen (secondary N) is 1. The van der Waals surface area contributed by atoms with E-state index in [-0.39, 0.29) is 6.09 Å². The van der Waals surface area contributed by atoms with Gasteiger partial charge in [0, 0.05) is 67.0 Å². The minimum Gasteiger partial charge on any atom is -0.444 e. The van der Waals surface area contributed by atoms with Crippen LogP contribution in [0.5, 0.6) is 0 Å². The van der Waals surface area contributed by atoms with Crippen LogP contribution in [0.3, 0.4) is 0 Å². The lowest BCUT2D eigenvalue weighted by Crippen LogP contribution is -2.39. The SMILES string of the molecule is CSc1ccc(N2CCCN(C(=O)OC(C)(C)C)CC2)cc1.CSc1ccc(N2CCCNCC2)cc1. The van der Waals surface area contributed by atoms with Crippen molar-refractivity contribution in [1.82, 2.24) is 10.2 Å². The zero-order valence-electron chi connectivity index (χ0n) is 23.2. The van der Waals surface area contributed by atoms with E-state index in [2.05, 4.69) is 76.2 Å². The van der Waals surface area contributed by atoms with Gasteiger partial charge in [0.15, 0.2) is 0 Å². The number of amides is 1. The van der Waals surface area contributed by atoms with Gasteiger partial charge >= 0.3 is 6.09 Å². The largest absolute Gasteiger partial charge is 0.444 e. The molecule has 8 heteroatoms. The lowest BCUT2D eigenvalue weighted by molar-refractivity contribution is 0.0263. The van der Waals surface area contributed by atoms with E-state index in [4.69, 9.17) is 4.74 Å². The van der Waals surface area contributed by atoms with E-state index in [1.165, 1.54) is 34.1 Å². The summed E-state index contributed by atoms with van der Waals surface area (Å²) >= 11 is 3.55. The highest BCUT2D eigenvalue weighted by molar-refractivity contribution is 7.98. The zero-order chi connectivity index (χ0) is 26.7. The van der Waals surface area contributed by atoms with Crippen LogP contribution in [0, 0.1) is 0 Å². The number of nitrogens with zero attached hydrogens (tertiary/aromatic N) is 3. The van der Waals surface area contributed by atoms with Crippen LogP contribution in [0.4, 0.5) is 16.2 Å². The number of hydrogen-bond donors (Lipinski definition) is 1. The van der Waals surface area contributed by atoms with Crippen LogP contribution in [0.25, 0.3) is 0 Å². The van der Waals surface area contributed by atoms with E-state index in [9.17, 15) is 4.79 Å². The lowest BCUT2D eigenvalue weighted by atomic mass is 10.2. The summed E-state index contributed by atoms with van der Waals surface area (Å²) in [6.45, 7) is 13.5. The second kappa shape index (κ2) is 14.8. The normalized spacial score (nSPS) is 16.8. The molecule has 1 N–H and O–H groups in total. The molecule has 204 valence electrons. The van der Waals surface area contributed by atoms with Crippen molar-refractivity contribution in [3.05, 3.63) is 48.5 Å². The average Bonchev–Trinajstić information content (AvgIpc) is 3.32. The number of benzene rings is 2. The Kier molecular flexibility index (Phi) is 11.8. The summed E-state index contributed by atoms with van der Waals surface area (Å²) in [5.74, 6) is 0. The second-order valence-electron chi connectivity index (χ2n) is 10.3. The lowest BCUT2D eigenvalue weighted by Gasteiger charge is -2.27. The van der Waals surface area contributed by atoms with Crippen LogP contribution in [0.1, 0.15) is 33.6 Å². The highest BCUT2D eigenvalue weighted by Crippen LogP contribution is 2.23. The Morgan fingerprint density at radius 2 is 1.27 bits per heavy atom. The predicted molar refractivity (Wildman–Crippen MR) is 161 cm³/mol. The van der Waals surface area contributed by atoms with Crippen molar-refractivity contribution in [3.8, 4) is 0 Å². The van der Waals surface area contributed by atoms with Crippen LogP contribution < -0.4 is 15.1 Å². The molecule has 0 radical (unpaired) electrons. The first-order valence-corrected chi connectivity index (χ1v) is 15.7. The minimum atomic E-state index is -0.434. The highest BCUT2D eigenvalue weighted by atomic mass is 32.2. The Labute approximate surface area is 232 Å². The van der Waals surface area contributed by atoms with E-state index >= 15 is 0 Å². The Hall–Kier alpha value is -2.03. The summed E-state index contributed by atoms with van der Waals surface area (Å²) in [4.78, 5) is 21.4. The van der Waals surface area contributed by atoms with Gasteiger partial charge in [-0.25, -0.2) is 4.79 Å². The summed E-state index contributed by atoms with van der Waals surface area (Å²) in [7, 11) is 0. The van der Waals surface area contributed by atoms with E-state index < -0.39 is 5.60 Å². The maximum atomic E-state index is 12.2. The number of carbonyl (C=O) groups is 1. The fraction of sp³-hybridized carbons (Fsp3) is 0.552. The van der Waals surface area contributed by atoms with Crippen molar-refractivity contribution in [1.29, 1.82) is 0 Å². The molecule has 0 saturated carbocycles. The molecule has 0 spiro atoms. The molecule has 0 atom stereocenters. The third kappa shape index (κ3) is 9.98. The van der Waals surface area contributed by atoms with Crippen molar-refractivity contribution in [2.24, 2.45) is 0 Å². The number of rotatable bonds is 4. The van der Waals surface area contributed by atoms with Crippen LogP contribution >= 0.6 is 23.5 Å². The molecule has 2 fully saturated rings. The first-order valence-electron chi connectivity index (χ1n) is 13.3. The molecule has 0 bridgehead atoms. The third-order valence-corrected chi connectivity index (χ3v) is 7.85. The molecule has 2 aliphatic rings. The van der Waals surface area contributed by atoms with Crippen LogP contribution in [-0.2, 0) is 4.74 Å². The third-order valence-electron chi connectivity index (χ3n) is 6.36. The standard InChI is InChI=1S/C17H26N2O2S.C12H18N2S/c1-17(2,3)21-16(20)19-11-5-10-18(12-13-19)14-6-8-15(22-4)9-7-14;1-15-12-5-3-11(4-6-12)14-9-2-7-13-8-10-14/h6-9H,5,10-13H2,1-4H3;3-6,13H,2,7-10H2,1H3. The van der Waals surface area contributed by atoms with Gasteiger partial charge in [-0.15, -0.1) is 23.5 Å². The first-order chi connectivity index (χ1) is 17.8. The molecule has 2 aromatic carbocycles. The molecular weight excluding hydrogens is 500 g/mol. The minimum absolute atomic E-state index is 0.202.